The van der Waals surface area contributed by atoms with Crippen LogP contribution in [0.25, 0.3) is 5.69 Å². The second kappa shape index (κ2) is 10.8. The smallest absolute Gasteiger partial charge is 0.251 e. The summed E-state index contributed by atoms with van der Waals surface area (Å²) in [6.07, 6.45) is 4.51. The number of carbonyl (C=O) groups is 2. The number of rotatable bonds is 8. The van der Waals surface area contributed by atoms with E-state index < -0.39 is 0 Å². The van der Waals surface area contributed by atoms with Gasteiger partial charge in [-0.2, -0.15) is 0 Å². The van der Waals surface area contributed by atoms with Crippen LogP contribution < -0.4 is 5.32 Å². The van der Waals surface area contributed by atoms with Gasteiger partial charge in [0.1, 0.15) is 11.2 Å². The Morgan fingerprint density at radius 2 is 1.78 bits per heavy atom. The van der Waals surface area contributed by atoms with Crippen LogP contribution in [0.2, 0.25) is 0 Å². The summed E-state index contributed by atoms with van der Waals surface area (Å²) in [6, 6.07) is 25.8. The molecule has 2 amide bonds. The summed E-state index contributed by atoms with van der Waals surface area (Å²) in [6.45, 7) is 3.04. The lowest BCUT2D eigenvalue weighted by molar-refractivity contribution is -0.128. The van der Waals surface area contributed by atoms with Gasteiger partial charge in [0, 0.05) is 31.0 Å². The van der Waals surface area contributed by atoms with E-state index in [1.807, 2.05) is 89.3 Å². The molecule has 0 bridgehead atoms. The van der Waals surface area contributed by atoms with Gasteiger partial charge >= 0.3 is 0 Å². The third-order valence-electron chi connectivity index (χ3n) is 6.43. The third kappa shape index (κ3) is 5.21. The first-order chi connectivity index (χ1) is 17.6. The van der Waals surface area contributed by atoms with Crippen LogP contribution in [0.4, 0.5) is 0 Å². The molecule has 3 aromatic carbocycles. The van der Waals surface area contributed by atoms with Crippen LogP contribution in [0.1, 0.15) is 38.2 Å². The molecule has 1 N–H and O–H groups in total. The SMILES string of the molecule is Cc1nccn1-c1ccccc1CNC(=O)c1ccc([C@@H]2SCC(=O)N2CCc2ccccc2)cc1. The van der Waals surface area contributed by atoms with Gasteiger partial charge < -0.3 is 14.8 Å². The van der Waals surface area contributed by atoms with Gasteiger partial charge in [0.05, 0.1) is 11.4 Å². The average molecular weight is 497 g/mol. The molecule has 182 valence electrons. The van der Waals surface area contributed by atoms with Gasteiger partial charge in [-0.3, -0.25) is 9.59 Å². The van der Waals surface area contributed by atoms with Crippen LogP contribution in [-0.2, 0) is 17.8 Å². The number of benzene rings is 3. The van der Waals surface area contributed by atoms with Crippen molar-refractivity contribution in [2.24, 2.45) is 0 Å². The molecule has 2 heterocycles. The second-order valence-corrected chi connectivity index (χ2v) is 9.83. The maximum atomic E-state index is 12.9. The number of nitrogens with zero attached hydrogens (tertiary/aromatic N) is 3. The number of carbonyl (C=O) groups excluding carboxylic acids is 2. The van der Waals surface area contributed by atoms with E-state index in [4.69, 9.17) is 0 Å². The maximum absolute atomic E-state index is 12.9. The van der Waals surface area contributed by atoms with Gasteiger partial charge in [-0.05, 0) is 48.2 Å². The van der Waals surface area contributed by atoms with Crippen molar-refractivity contribution >= 4 is 23.6 Å². The Morgan fingerprint density at radius 3 is 2.53 bits per heavy atom. The topological polar surface area (TPSA) is 67.2 Å². The first-order valence-electron chi connectivity index (χ1n) is 12.0. The largest absolute Gasteiger partial charge is 0.348 e. The molecule has 1 aliphatic heterocycles. The second-order valence-electron chi connectivity index (χ2n) is 8.76. The fraction of sp³-hybridized carbons (Fsp3) is 0.207. The number of nitrogens with one attached hydrogen (secondary N) is 1. The molecule has 1 aliphatic rings. The van der Waals surface area contributed by atoms with Crippen molar-refractivity contribution in [2.75, 3.05) is 12.3 Å². The maximum Gasteiger partial charge on any atom is 0.251 e. The molecular formula is C29H28N4O2S. The Balaban J connectivity index is 1.23. The highest BCUT2D eigenvalue weighted by molar-refractivity contribution is 8.00. The lowest BCUT2D eigenvalue weighted by atomic mass is 10.1. The Kier molecular flexibility index (Phi) is 7.18. The lowest BCUT2D eigenvalue weighted by Gasteiger charge is -2.24. The van der Waals surface area contributed by atoms with Crippen LogP contribution in [0.5, 0.6) is 0 Å². The van der Waals surface area contributed by atoms with Crippen LogP contribution >= 0.6 is 11.8 Å². The summed E-state index contributed by atoms with van der Waals surface area (Å²) < 4.78 is 2.01. The van der Waals surface area contributed by atoms with Crippen molar-refractivity contribution in [3.63, 3.8) is 0 Å². The molecule has 36 heavy (non-hydrogen) atoms. The van der Waals surface area contributed by atoms with E-state index in [1.54, 1.807) is 18.0 Å². The normalized spacial score (nSPS) is 15.3. The van der Waals surface area contributed by atoms with E-state index in [0.717, 1.165) is 29.1 Å². The van der Waals surface area contributed by atoms with Crippen LogP contribution in [0.15, 0.2) is 91.3 Å². The Morgan fingerprint density at radius 1 is 1.03 bits per heavy atom. The van der Waals surface area contributed by atoms with E-state index in [-0.39, 0.29) is 17.2 Å². The van der Waals surface area contributed by atoms with E-state index in [9.17, 15) is 9.59 Å². The van der Waals surface area contributed by atoms with Crippen molar-refractivity contribution in [3.8, 4) is 5.69 Å². The number of aromatic nitrogens is 2. The highest BCUT2D eigenvalue weighted by atomic mass is 32.2. The predicted molar refractivity (Wildman–Crippen MR) is 143 cm³/mol. The Hall–Kier alpha value is -3.84. The van der Waals surface area contributed by atoms with Gasteiger partial charge in [-0.25, -0.2) is 4.98 Å². The molecule has 4 aromatic rings. The minimum absolute atomic E-state index is 0.0244. The summed E-state index contributed by atoms with van der Waals surface area (Å²) in [7, 11) is 0. The average Bonchev–Trinajstić information content (AvgIpc) is 3.51. The van der Waals surface area contributed by atoms with Gasteiger partial charge in [0.2, 0.25) is 5.91 Å². The molecule has 7 heteroatoms. The minimum Gasteiger partial charge on any atom is -0.348 e. The summed E-state index contributed by atoms with van der Waals surface area (Å²) in [4.78, 5) is 31.7. The monoisotopic (exact) mass is 496 g/mol. The van der Waals surface area contributed by atoms with E-state index in [2.05, 4.69) is 22.4 Å². The molecule has 1 fully saturated rings. The van der Waals surface area contributed by atoms with Crippen LogP contribution in [0.3, 0.4) is 0 Å². The molecule has 0 saturated carbocycles. The zero-order chi connectivity index (χ0) is 24.9. The standard InChI is InChI=1S/C29H28N4O2S/c1-21-30-16-18-32(21)26-10-6-5-9-25(26)19-31-28(35)23-11-13-24(14-12-23)29-33(27(34)20-36-29)17-15-22-7-3-2-4-8-22/h2-14,16,18,29H,15,17,19-20H2,1H3,(H,31,35)/t29-/m0/s1. The number of aryl methyl sites for hydroxylation is 1. The molecular weight excluding hydrogens is 468 g/mol. The molecule has 1 saturated heterocycles. The van der Waals surface area contributed by atoms with Crippen LogP contribution in [-0.4, -0.2) is 38.6 Å². The minimum atomic E-state index is -0.130. The third-order valence-corrected chi connectivity index (χ3v) is 7.68. The predicted octanol–water partition coefficient (Wildman–Crippen LogP) is 4.93. The van der Waals surface area contributed by atoms with Gasteiger partial charge in [-0.1, -0.05) is 60.7 Å². The van der Waals surface area contributed by atoms with Crippen LogP contribution in [0, 0.1) is 6.92 Å². The molecule has 0 spiro atoms. The van der Waals surface area contributed by atoms with E-state index >= 15 is 0 Å². The molecule has 5 rings (SSSR count). The quantitative estimate of drug-likeness (QED) is 0.376. The van der Waals surface area contributed by atoms with E-state index in [1.165, 1.54) is 5.56 Å². The number of hydrogen-bond donors (Lipinski definition) is 1. The zero-order valence-electron chi connectivity index (χ0n) is 20.1. The summed E-state index contributed by atoms with van der Waals surface area (Å²) >= 11 is 1.64. The highest BCUT2D eigenvalue weighted by Crippen LogP contribution is 2.38. The number of thioether (sulfide) groups is 1. The van der Waals surface area contributed by atoms with Gasteiger partial charge in [-0.15, -0.1) is 11.8 Å². The fourth-order valence-corrected chi connectivity index (χ4v) is 5.69. The summed E-state index contributed by atoms with van der Waals surface area (Å²) in [5, 5.41) is 3.01. The van der Waals surface area contributed by atoms with Gasteiger partial charge in [0.25, 0.3) is 5.91 Å². The Bertz CT molecular complexity index is 1350. The molecule has 6 nitrogen and oxygen atoms in total. The first-order valence-corrected chi connectivity index (χ1v) is 13.1. The van der Waals surface area contributed by atoms with Gasteiger partial charge in [0.15, 0.2) is 0 Å². The number of hydrogen-bond acceptors (Lipinski definition) is 4. The molecule has 0 radical (unpaired) electrons. The first kappa shape index (κ1) is 23.9. The Labute approximate surface area is 215 Å². The molecule has 0 unspecified atom stereocenters. The number of para-hydroxylation sites is 1. The van der Waals surface area contributed by atoms with Crippen molar-refractivity contribution in [3.05, 3.63) is 119 Å². The zero-order valence-corrected chi connectivity index (χ0v) is 20.9. The summed E-state index contributed by atoms with van der Waals surface area (Å²) in [5.41, 5.74) is 4.87. The summed E-state index contributed by atoms with van der Waals surface area (Å²) in [5.74, 6) is 1.41. The van der Waals surface area contributed by atoms with Crippen molar-refractivity contribution < 1.29 is 9.59 Å². The highest BCUT2D eigenvalue weighted by Gasteiger charge is 2.32. The number of amides is 2. The fourth-order valence-electron chi connectivity index (χ4n) is 4.47. The van der Waals surface area contributed by atoms with Crippen molar-refractivity contribution in [1.29, 1.82) is 0 Å². The molecule has 0 aliphatic carbocycles. The molecule has 1 atom stereocenters. The molecule has 1 aromatic heterocycles. The lowest BCUT2D eigenvalue weighted by Crippen LogP contribution is -2.30. The van der Waals surface area contributed by atoms with Crippen molar-refractivity contribution in [1.82, 2.24) is 19.8 Å². The number of imidazole rings is 1. The van der Waals surface area contributed by atoms with Crippen molar-refractivity contribution in [2.45, 2.75) is 25.3 Å². The van der Waals surface area contributed by atoms with E-state index in [0.29, 0.717) is 24.4 Å².